The van der Waals surface area contributed by atoms with Crippen LogP contribution in [0.3, 0.4) is 0 Å². The van der Waals surface area contributed by atoms with Gasteiger partial charge in [0.2, 0.25) is 11.6 Å². The van der Waals surface area contributed by atoms with Gasteiger partial charge in [-0.25, -0.2) is 18.7 Å². The first kappa shape index (κ1) is 18.5. The van der Waals surface area contributed by atoms with Gasteiger partial charge < -0.3 is 14.5 Å². The third kappa shape index (κ3) is 4.28. The van der Waals surface area contributed by atoms with Crippen LogP contribution >= 0.6 is 0 Å². The van der Waals surface area contributed by atoms with Crippen LogP contribution < -0.4 is 10.1 Å². The van der Waals surface area contributed by atoms with Gasteiger partial charge in [-0.1, -0.05) is 13.0 Å². The van der Waals surface area contributed by atoms with Crippen LogP contribution in [0.15, 0.2) is 40.9 Å². The summed E-state index contributed by atoms with van der Waals surface area (Å²) >= 11 is 0. The summed E-state index contributed by atoms with van der Waals surface area (Å²) in [6.07, 6.45) is 2.08. The number of rotatable bonds is 6. The summed E-state index contributed by atoms with van der Waals surface area (Å²) in [4.78, 5) is 20.6. The summed E-state index contributed by atoms with van der Waals surface area (Å²) in [5, 5.41) is 2.71. The number of nitrogens with one attached hydrogen (secondary N) is 1. The molecule has 0 saturated carbocycles. The van der Waals surface area contributed by atoms with Gasteiger partial charge in [-0.05, 0) is 25.1 Å². The van der Waals surface area contributed by atoms with Crippen LogP contribution in [-0.2, 0) is 13.0 Å². The van der Waals surface area contributed by atoms with E-state index in [-0.39, 0.29) is 23.9 Å². The maximum Gasteiger partial charge on any atom is 0.289 e. The third-order valence-corrected chi connectivity index (χ3v) is 3.74. The summed E-state index contributed by atoms with van der Waals surface area (Å²) in [5.41, 5.74) is 1.07. The van der Waals surface area contributed by atoms with Crippen molar-refractivity contribution in [3.05, 3.63) is 71.1 Å². The zero-order valence-corrected chi connectivity index (χ0v) is 14.8. The molecule has 1 amide bonds. The number of aromatic nitrogens is 2. The average Bonchev–Trinajstić information content (AvgIpc) is 3.05. The number of nitrogens with zero attached hydrogens (tertiary/aromatic N) is 2. The summed E-state index contributed by atoms with van der Waals surface area (Å²) in [6.45, 7) is 3.68. The second-order valence-corrected chi connectivity index (χ2v) is 5.70. The van der Waals surface area contributed by atoms with E-state index in [4.69, 9.17) is 9.15 Å². The Morgan fingerprint density at radius 2 is 2.07 bits per heavy atom. The van der Waals surface area contributed by atoms with Crippen LogP contribution in [0.25, 0.3) is 0 Å². The smallest absolute Gasteiger partial charge is 0.289 e. The number of halogens is 2. The van der Waals surface area contributed by atoms with Crippen LogP contribution in [0, 0.1) is 18.6 Å². The molecule has 1 aromatic carbocycles. The minimum absolute atomic E-state index is 0.0962. The van der Waals surface area contributed by atoms with Crippen molar-refractivity contribution in [2.45, 2.75) is 26.8 Å². The zero-order chi connectivity index (χ0) is 19.4. The Hall–Kier alpha value is -3.29. The Kier molecular flexibility index (Phi) is 5.44. The van der Waals surface area contributed by atoms with Gasteiger partial charge in [0.1, 0.15) is 5.75 Å². The molecular weight excluding hydrogens is 356 g/mol. The van der Waals surface area contributed by atoms with Gasteiger partial charge >= 0.3 is 0 Å². The van der Waals surface area contributed by atoms with Crippen molar-refractivity contribution in [1.82, 2.24) is 15.3 Å². The molecule has 8 heteroatoms. The van der Waals surface area contributed by atoms with Gasteiger partial charge in [-0.3, -0.25) is 4.79 Å². The minimum atomic E-state index is -1.02. The second-order valence-electron chi connectivity index (χ2n) is 5.70. The highest BCUT2D eigenvalue weighted by Gasteiger charge is 2.17. The molecule has 27 heavy (non-hydrogen) atoms. The molecule has 0 aliphatic rings. The number of carbonyl (C=O) groups is 1. The van der Waals surface area contributed by atoms with Gasteiger partial charge in [0.05, 0.1) is 5.69 Å². The molecule has 1 N–H and O–H groups in total. The number of hydrogen-bond acceptors (Lipinski definition) is 5. The number of amides is 1. The monoisotopic (exact) mass is 373 g/mol. The highest BCUT2D eigenvalue weighted by atomic mass is 19.2. The van der Waals surface area contributed by atoms with E-state index < -0.39 is 17.5 Å². The summed E-state index contributed by atoms with van der Waals surface area (Å²) in [6, 6.07) is 6.56. The van der Waals surface area contributed by atoms with Crippen LogP contribution in [-0.4, -0.2) is 15.9 Å². The van der Waals surface area contributed by atoms with E-state index in [0.717, 1.165) is 12.1 Å². The topological polar surface area (TPSA) is 77.2 Å². The fourth-order valence-corrected chi connectivity index (χ4v) is 2.37. The summed E-state index contributed by atoms with van der Waals surface area (Å²) in [5.74, 6) is -1.50. The number of hydrogen-bond donors (Lipinski definition) is 1. The van der Waals surface area contributed by atoms with E-state index in [2.05, 4.69) is 15.3 Å². The highest BCUT2D eigenvalue weighted by Crippen LogP contribution is 2.24. The Labute approximate surface area is 154 Å². The molecule has 140 valence electrons. The van der Waals surface area contributed by atoms with Crippen LogP contribution in [0.5, 0.6) is 11.6 Å². The first-order chi connectivity index (χ1) is 13.0. The molecule has 3 rings (SSSR count). The zero-order valence-electron chi connectivity index (χ0n) is 14.8. The summed E-state index contributed by atoms with van der Waals surface area (Å²) in [7, 11) is 0. The van der Waals surface area contributed by atoms with E-state index in [1.807, 2.05) is 6.92 Å². The molecular formula is C19H17F2N3O3. The number of oxazole rings is 1. The molecule has 3 aromatic rings. The molecule has 0 fully saturated rings. The van der Waals surface area contributed by atoms with Gasteiger partial charge in [0.25, 0.3) is 5.91 Å². The lowest BCUT2D eigenvalue weighted by atomic mass is 10.2. The second kappa shape index (κ2) is 7.94. The maximum atomic E-state index is 13.3. The molecule has 2 aromatic heterocycles. The number of benzene rings is 1. The molecule has 0 aliphatic heterocycles. The van der Waals surface area contributed by atoms with Crippen molar-refractivity contribution >= 4 is 5.91 Å². The molecule has 0 radical (unpaired) electrons. The van der Waals surface area contributed by atoms with Crippen molar-refractivity contribution in [3.8, 4) is 11.6 Å². The molecule has 0 atom stereocenters. The normalized spacial score (nSPS) is 10.7. The van der Waals surface area contributed by atoms with E-state index in [9.17, 15) is 13.6 Å². The molecule has 2 heterocycles. The predicted octanol–water partition coefficient (Wildman–Crippen LogP) is 3.94. The number of pyridine rings is 1. The Balaban J connectivity index is 1.73. The van der Waals surface area contributed by atoms with Crippen molar-refractivity contribution in [1.29, 1.82) is 0 Å². The highest BCUT2D eigenvalue weighted by molar-refractivity contribution is 5.92. The first-order valence-corrected chi connectivity index (χ1v) is 8.29. The Morgan fingerprint density at radius 3 is 2.78 bits per heavy atom. The van der Waals surface area contributed by atoms with Gasteiger partial charge in [-0.2, -0.15) is 0 Å². The van der Waals surface area contributed by atoms with E-state index in [0.29, 0.717) is 23.6 Å². The third-order valence-electron chi connectivity index (χ3n) is 3.74. The van der Waals surface area contributed by atoms with E-state index in [1.165, 1.54) is 12.3 Å². The van der Waals surface area contributed by atoms with E-state index >= 15 is 0 Å². The molecule has 0 spiro atoms. The molecule has 0 saturated heterocycles. The largest absolute Gasteiger partial charge is 0.439 e. The Bertz CT molecular complexity index is 973. The van der Waals surface area contributed by atoms with Crippen LogP contribution in [0.2, 0.25) is 0 Å². The predicted molar refractivity (Wildman–Crippen MR) is 92.5 cm³/mol. The fraction of sp³-hybridized carbons (Fsp3) is 0.211. The average molecular weight is 373 g/mol. The number of carbonyl (C=O) groups excluding carboxylic acids is 1. The van der Waals surface area contributed by atoms with Crippen molar-refractivity contribution in [2.24, 2.45) is 0 Å². The van der Waals surface area contributed by atoms with Crippen LogP contribution in [0.1, 0.15) is 34.6 Å². The standard InChI is InChI=1S/C19H17F2N3O3/c1-3-16-24-11(2)17(27-16)18(25)23-10-12-5-4-8-22-19(12)26-13-6-7-14(20)15(21)9-13/h4-9H,3,10H2,1-2H3,(H,23,25). The summed E-state index contributed by atoms with van der Waals surface area (Å²) < 4.78 is 37.3. The fourth-order valence-electron chi connectivity index (χ4n) is 2.37. The van der Waals surface area contributed by atoms with Gasteiger partial charge in [0.15, 0.2) is 17.5 Å². The van der Waals surface area contributed by atoms with Crippen molar-refractivity contribution in [2.75, 3.05) is 0 Å². The molecule has 0 unspecified atom stereocenters. The lowest BCUT2D eigenvalue weighted by Crippen LogP contribution is -2.23. The minimum Gasteiger partial charge on any atom is -0.439 e. The quantitative estimate of drug-likeness (QED) is 0.708. The maximum absolute atomic E-state index is 13.3. The lowest BCUT2D eigenvalue weighted by Gasteiger charge is -2.10. The number of aryl methyl sites for hydroxylation is 2. The Morgan fingerprint density at radius 1 is 1.26 bits per heavy atom. The van der Waals surface area contributed by atoms with Crippen molar-refractivity contribution < 1.29 is 22.7 Å². The van der Waals surface area contributed by atoms with Gasteiger partial charge in [-0.15, -0.1) is 0 Å². The lowest BCUT2D eigenvalue weighted by molar-refractivity contribution is 0.0920. The van der Waals surface area contributed by atoms with E-state index in [1.54, 1.807) is 19.1 Å². The molecule has 0 bridgehead atoms. The molecule has 6 nitrogen and oxygen atoms in total. The van der Waals surface area contributed by atoms with Crippen LogP contribution in [0.4, 0.5) is 8.78 Å². The van der Waals surface area contributed by atoms with Gasteiger partial charge in [0, 0.05) is 30.8 Å². The first-order valence-electron chi connectivity index (χ1n) is 8.29. The number of ether oxygens (including phenoxy) is 1. The molecule has 0 aliphatic carbocycles. The van der Waals surface area contributed by atoms with Crippen molar-refractivity contribution in [3.63, 3.8) is 0 Å². The SMILES string of the molecule is CCc1nc(C)c(C(=O)NCc2cccnc2Oc2ccc(F)c(F)c2)o1.